The van der Waals surface area contributed by atoms with Crippen molar-refractivity contribution in [3.8, 4) is 6.07 Å². The summed E-state index contributed by atoms with van der Waals surface area (Å²) >= 11 is 0. The van der Waals surface area contributed by atoms with Crippen LogP contribution in [-0.2, 0) is 4.74 Å². The van der Waals surface area contributed by atoms with Crippen molar-refractivity contribution in [3.63, 3.8) is 0 Å². The first-order chi connectivity index (χ1) is 14.1. The fourth-order valence-electron chi connectivity index (χ4n) is 4.04. The van der Waals surface area contributed by atoms with E-state index in [0.717, 1.165) is 84.0 Å². The maximum atomic E-state index is 9.38. The third-order valence-electron chi connectivity index (χ3n) is 5.77. The van der Waals surface area contributed by atoms with Crippen molar-refractivity contribution in [1.82, 2.24) is 15.2 Å². The van der Waals surface area contributed by atoms with Crippen LogP contribution in [0.5, 0.6) is 0 Å². The number of rotatable bonds is 4. The Balaban J connectivity index is 1.68. The summed E-state index contributed by atoms with van der Waals surface area (Å²) in [6.45, 7) is 9.20. The van der Waals surface area contributed by atoms with Gasteiger partial charge in [0.15, 0.2) is 5.82 Å². The number of aryl methyl sites for hydroxylation is 1. The van der Waals surface area contributed by atoms with Gasteiger partial charge in [0.2, 0.25) is 0 Å². The minimum absolute atomic E-state index is 0.0267. The Labute approximate surface area is 171 Å². The number of ether oxygens (including phenoxy) is 1. The molecule has 0 bridgehead atoms. The summed E-state index contributed by atoms with van der Waals surface area (Å²) < 4.78 is 5.46. The lowest BCUT2D eigenvalue weighted by Crippen LogP contribution is -2.36. The summed E-state index contributed by atoms with van der Waals surface area (Å²) in [6, 6.07) is 4.46. The molecule has 3 heterocycles. The van der Waals surface area contributed by atoms with Gasteiger partial charge in [-0.3, -0.25) is 0 Å². The van der Waals surface area contributed by atoms with E-state index in [-0.39, 0.29) is 6.04 Å². The fraction of sp³-hybridized carbons (Fsp3) is 0.455. The molecule has 0 unspecified atom stereocenters. The van der Waals surface area contributed by atoms with Crippen LogP contribution in [0.15, 0.2) is 35.1 Å². The van der Waals surface area contributed by atoms with Gasteiger partial charge in [0.05, 0.1) is 31.0 Å². The predicted molar refractivity (Wildman–Crippen MR) is 114 cm³/mol. The normalized spacial score (nSPS) is 18.4. The molecule has 0 saturated carbocycles. The van der Waals surface area contributed by atoms with Gasteiger partial charge in [-0.05, 0) is 50.8 Å². The van der Waals surface area contributed by atoms with E-state index in [4.69, 9.17) is 4.74 Å². The lowest BCUT2D eigenvalue weighted by molar-refractivity contribution is 0.122. The number of hydrogen-bond acceptors (Lipinski definition) is 7. The summed E-state index contributed by atoms with van der Waals surface area (Å²) in [7, 11) is 0. The molecule has 0 radical (unpaired) electrons. The lowest BCUT2D eigenvalue weighted by atomic mass is 9.89. The topological polar surface area (TPSA) is 87.0 Å². The standard InChI is InChI=1S/C22H26N6O/c1-14-17(12-23)5-4-6-18(14)15(2)25-22-19-11-21(28-7-9-29-10-8-28)24-13-20(19)16(3)26-27-22/h6,11,13,15H,4-5,7-10H2,1-3H3,(H,25,27)/t15-/m1/s1. The first-order valence-corrected chi connectivity index (χ1v) is 10.1. The molecule has 1 fully saturated rings. The van der Waals surface area contributed by atoms with Crippen LogP contribution in [0.4, 0.5) is 11.6 Å². The molecule has 0 aromatic carbocycles. The van der Waals surface area contributed by atoms with Crippen LogP contribution in [0.3, 0.4) is 0 Å². The van der Waals surface area contributed by atoms with Crippen molar-refractivity contribution in [2.45, 2.75) is 39.7 Å². The van der Waals surface area contributed by atoms with Gasteiger partial charge in [0.1, 0.15) is 5.82 Å². The highest BCUT2D eigenvalue weighted by Crippen LogP contribution is 2.31. The van der Waals surface area contributed by atoms with Crippen LogP contribution < -0.4 is 10.2 Å². The molecule has 2 aliphatic rings. The second kappa shape index (κ2) is 8.18. The van der Waals surface area contributed by atoms with E-state index in [0.29, 0.717) is 0 Å². The highest BCUT2D eigenvalue weighted by atomic mass is 16.5. The Morgan fingerprint density at radius 2 is 2.00 bits per heavy atom. The molecule has 0 spiro atoms. The quantitative estimate of drug-likeness (QED) is 0.854. The summed E-state index contributed by atoms with van der Waals surface area (Å²) in [6.07, 6.45) is 5.82. The molecule has 2 aromatic rings. The Hall–Kier alpha value is -2.98. The Kier molecular flexibility index (Phi) is 5.45. The Morgan fingerprint density at radius 1 is 1.21 bits per heavy atom. The second-order valence-electron chi connectivity index (χ2n) is 7.60. The molecule has 1 aliphatic heterocycles. The predicted octanol–water partition coefficient (Wildman–Crippen LogP) is 3.53. The minimum Gasteiger partial charge on any atom is -0.378 e. The highest BCUT2D eigenvalue weighted by Gasteiger charge is 2.20. The summed E-state index contributed by atoms with van der Waals surface area (Å²) in [5.74, 6) is 1.68. The molecule has 29 heavy (non-hydrogen) atoms. The van der Waals surface area contributed by atoms with E-state index < -0.39 is 0 Å². The number of aromatic nitrogens is 3. The number of anilines is 2. The van der Waals surface area contributed by atoms with Crippen molar-refractivity contribution >= 4 is 22.4 Å². The molecule has 4 rings (SSSR count). The number of hydrogen-bond donors (Lipinski definition) is 1. The number of morpholine rings is 1. The number of allylic oxidation sites excluding steroid dienone is 2. The van der Waals surface area contributed by atoms with Crippen molar-refractivity contribution in [2.24, 2.45) is 0 Å². The van der Waals surface area contributed by atoms with Gasteiger partial charge in [-0.25, -0.2) is 4.98 Å². The first-order valence-electron chi connectivity index (χ1n) is 10.1. The molecule has 7 heteroatoms. The highest BCUT2D eigenvalue weighted by molar-refractivity contribution is 5.94. The average Bonchev–Trinajstić information content (AvgIpc) is 2.76. The van der Waals surface area contributed by atoms with Gasteiger partial charge in [-0.15, -0.1) is 5.10 Å². The maximum Gasteiger partial charge on any atom is 0.157 e. The number of nitrogens with one attached hydrogen (secondary N) is 1. The summed E-state index contributed by atoms with van der Waals surface area (Å²) in [5, 5.41) is 23.7. The van der Waals surface area contributed by atoms with Crippen molar-refractivity contribution < 1.29 is 4.74 Å². The molecule has 2 aromatic heterocycles. The Bertz CT molecular complexity index is 1030. The molecular weight excluding hydrogens is 364 g/mol. The van der Waals surface area contributed by atoms with E-state index in [2.05, 4.69) is 50.5 Å². The van der Waals surface area contributed by atoms with E-state index in [1.54, 1.807) is 0 Å². The number of pyridine rings is 1. The van der Waals surface area contributed by atoms with Crippen LogP contribution in [-0.4, -0.2) is 47.5 Å². The van der Waals surface area contributed by atoms with Gasteiger partial charge in [-0.1, -0.05) is 6.08 Å². The third kappa shape index (κ3) is 3.81. The molecule has 150 valence electrons. The zero-order chi connectivity index (χ0) is 20.4. The van der Waals surface area contributed by atoms with Crippen LogP contribution in [0.2, 0.25) is 0 Å². The van der Waals surface area contributed by atoms with Crippen LogP contribution >= 0.6 is 0 Å². The molecule has 0 amide bonds. The lowest BCUT2D eigenvalue weighted by Gasteiger charge is -2.28. The molecule has 1 N–H and O–H groups in total. The summed E-state index contributed by atoms with van der Waals surface area (Å²) in [4.78, 5) is 6.89. The SMILES string of the molecule is CC1=C(C#N)CCC=C1[C@@H](C)Nc1nnc(C)c2cnc(N3CCOCC3)cc12. The zero-order valence-electron chi connectivity index (χ0n) is 17.2. The number of nitriles is 1. The zero-order valence-corrected chi connectivity index (χ0v) is 17.2. The molecule has 1 saturated heterocycles. The van der Waals surface area contributed by atoms with Crippen LogP contribution in [0.1, 0.15) is 32.4 Å². The van der Waals surface area contributed by atoms with Crippen molar-refractivity contribution in [2.75, 3.05) is 36.5 Å². The smallest absolute Gasteiger partial charge is 0.157 e. The molecular formula is C22H26N6O. The van der Waals surface area contributed by atoms with E-state index in [1.165, 1.54) is 0 Å². The maximum absolute atomic E-state index is 9.38. The summed E-state index contributed by atoms with van der Waals surface area (Å²) in [5.41, 5.74) is 3.96. The Morgan fingerprint density at radius 3 is 2.76 bits per heavy atom. The number of fused-ring (bicyclic) bond motifs is 1. The fourth-order valence-corrected chi connectivity index (χ4v) is 4.04. The van der Waals surface area contributed by atoms with Crippen molar-refractivity contribution in [1.29, 1.82) is 5.26 Å². The van der Waals surface area contributed by atoms with E-state index in [9.17, 15) is 5.26 Å². The monoisotopic (exact) mass is 390 g/mol. The van der Waals surface area contributed by atoms with Gasteiger partial charge >= 0.3 is 0 Å². The molecule has 1 atom stereocenters. The molecule has 1 aliphatic carbocycles. The van der Waals surface area contributed by atoms with Crippen LogP contribution in [0.25, 0.3) is 10.8 Å². The molecule has 7 nitrogen and oxygen atoms in total. The number of nitrogens with zero attached hydrogens (tertiary/aromatic N) is 5. The van der Waals surface area contributed by atoms with Gasteiger partial charge < -0.3 is 15.0 Å². The average molecular weight is 390 g/mol. The van der Waals surface area contributed by atoms with Gasteiger partial charge in [0, 0.05) is 35.6 Å². The first kappa shape index (κ1) is 19.3. The van der Waals surface area contributed by atoms with E-state index in [1.807, 2.05) is 20.0 Å². The minimum atomic E-state index is 0.0267. The van der Waals surface area contributed by atoms with Gasteiger partial charge in [0.25, 0.3) is 0 Å². The second-order valence-corrected chi connectivity index (χ2v) is 7.60. The van der Waals surface area contributed by atoms with Crippen LogP contribution in [0, 0.1) is 18.3 Å². The van der Waals surface area contributed by atoms with Gasteiger partial charge in [-0.2, -0.15) is 10.4 Å². The van der Waals surface area contributed by atoms with E-state index >= 15 is 0 Å². The largest absolute Gasteiger partial charge is 0.378 e. The van der Waals surface area contributed by atoms with Crippen molar-refractivity contribution in [3.05, 3.63) is 40.8 Å². The third-order valence-corrected chi connectivity index (χ3v) is 5.77.